The summed E-state index contributed by atoms with van der Waals surface area (Å²) in [6.45, 7) is 2.17. The predicted molar refractivity (Wildman–Crippen MR) is 49.0 cm³/mol. The fraction of sp³-hybridized carbons (Fsp3) is 0.400. The standard InChI is InChI=1S/C10H15N/c1-2-10-7-5-3-4-6-8-11-9-10/h5-9,11H,2-4H2,1H3/b7-5+,8-6+,10-9-. The third kappa shape index (κ3) is 3.08. The van der Waals surface area contributed by atoms with Crippen LogP contribution in [0.5, 0.6) is 0 Å². The van der Waals surface area contributed by atoms with Crippen LogP contribution in [0.1, 0.15) is 26.2 Å². The molecule has 0 aromatic heterocycles. The second kappa shape index (κ2) is 4.78. The van der Waals surface area contributed by atoms with Crippen LogP contribution < -0.4 is 5.32 Å². The highest BCUT2D eigenvalue weighted by Crippen LogP contribution is 2.04. The SMILES string of the molecule is CCC1=C/N/C=C/CC\C=C\1. The molecule has 11 heavy (non-hydrogen) atoms. The molecule has 0 bridgehead atoms. The maximum atomic E-state index is 3.13. The summed E-state index contributed by atoms with van der Waals surface area (Å²) >= 11 is 0. The molecule has 1 aliphatic heterocycles. The van der Waals surface area contributed by atoms with Crippen LogP contribution in [0, 0.1) is 0 Å². The second-order valence-corrected chi connectivity index (χ2v) is 2.62. The number of allylic oxidation sites excluding steroid dienone is 4. The second-order valence-electron chi connectivity index (χ2n) is 2.62. The zero-order chi connectivity index (χ0) is 7.94. The fourth-order valence-corrected chi connectivity index (χ4v) is 1.00. The molecule has 1 heteroatoms. The molecule has 0 saturated carbocycles. The molecule has 1 nitrogen and oxygen atoms in total. The Hall–Kier alpha value is -0.980. The number of hydrogen-bond acceptors (Lipinski definition) is 1. The smallest absolute Gasteiger partial charge is 0.00364 e. The maximum Gasteiger partial charge on any atom is 0.00364 e. The Kier molecular flexibility index (Phi) is 3.53. The Balaban J connectivity index is 2.59. The lowest BCUT2D eigenvalue weighted by Gasteiger charge is -1.95. The van der Waals surface area contributed by atoms with Crippen molar-refractivity contribution in [1.29, 1.82) is 0 Å². The van der Waals surface area contributed by atoms with Crippen LogP contribution in [0.4, 0.5) is 0 Å². The average molecular weight is 149 g/mol. The van der Waals surface area contributed by atoms with Crippen LogP contribution in [-0.2, 0) is 0 Å². The van der Waals surface area contributed by atoms with E-state index in [4.69, 9.17) is 0 Å². The number of hydrogen-bond donors (Lipinski definition) is 1. The topological polar surface area (TPSA) is 12.0 Å². The van der Waals surface area contributed by atoms with Crippen LogP contribution in [0.25, 0.3) is 0 Å². The van der Waals surface area contributed by atoms with Gasteiger partial charge in [-0.3, -0.25) is 0 Å². The molecule has 60 valence electrons. The Labute approximate surface area is 68.5 Å². The van der Waals surface area contributed by atoms with E-state index in [0.717, 1.165) is 19.3 Å². The van der Waals surface area contributed by atoms with Gasteiger partial charge in [-0.15, -0.1) is 0 Å². The molecule has 0 atom stereocenters. The van der Waals surface area contributed by atoms with Crippen LogP contribution in [0.3, 0.4) is 0 Å². The lowest BCUT2D eigenvalue weighted by molar-refractivity contribution is 1.04. The van der Waals surface area contributed by atoms with Crippen molar-refractivity contribution >= 4 is 0 Å². The summed E-state index contributed by atoms with van der Waals surface area (Å²) in [5.41, 5.74) is 1.36. The van der Waals surface area contributed by atoms with Crippen LogP contribution in [0.15, 0.2) is 36.2 Å². The first kappa shape index (κ1) is 8.12. The Morgan fingerprint density at radius 1 is 1.36 bits per heavy atom. The number of rotatable bonds is 1. The molecule has 1 N–H and O–H groups in total. The van der Waals surface area contributed by atoms with E-state index in [1.807, 2.05) is 6.20 Å². The molecule has 0 spiro atoms. The van der Waals surface area contributed by atoms with Gasteiger partial charge in [0.25, 0.3) is 0 Å². The highest BCUT2D eigenvalue weighted by Gasteiger charge is 1.87. The van der Waals surface area contributed by atoms with Crippen molar-refractivity contribution in [3.05, 3.63) is 36.2 Å². The third-order valence-corrected chi connectivity index (χ3v) is 1.72. The molecule has 0 radical (unpaired) electrons. The minimum atomic E-state index is 1.09. The van der Waals surface area contributed by atoms with Gasteiger partial charge in [0.05, 0.1) is 0 Å². The molecule has 1 aliphatic rings. The molecule has 0 aromatic rings. The van der Waals surface area contributed by atoms with Crippen LogP contribution in [-0.4, -0.2) is 0 Å². The van der Waals surface area contributed by atoms with E-state index in [2.05, 4.69) is 36.7 Å². The van der Waals surface area contributed by atoms with Crippen molar-refractivity contribution in [2.24, 2.45) is 0 Å². The molecule has 1 rings (SSSR count). The fourth-order valence-electron chi connectivity index (χ4n) is 1.00. The monoisotopic (exact) mass is 149 g/mol. The summed E-state index contributed by atoms with van der Waals surface area (Å²) in [4.78, 5) is 0. The lowest BCUT2D eigenvalue weighted by Crippen LogP contribution is -1.93. The summed E-state index contributed by atoms with van der Waals surface area (Å²) in [5, 5.41) is 3.13. The summed E-state index contributed by atoms with van der Waals surface area (Å²) in [5.74, 6) is 0. The summed E-state index contributed by atoms with van der Waals surface area (Å²) < 4.78 is 0. The van der Waals surface area contributed by atoms with Gasteiger partial charge in [-0.25, -0.2) is 0 Å². The summed E-state index contributed by atoms with van der Waals surface area (Å²) in [6.07, 6.45) is 14.0. The first-order chi connectivity index (χ1) is 5.43. The van der Waals surface area contributed by atoms with E-state index < -0.39 is 0 Å². The van der Waals surface area contributed by atoms with Crippen molar-refractivity contribution in [3.63, 3.8) is 0 Å². The van der Waals surface area contributed by atoms with Crippen LogP contribution in [0.2, 0.25) is 0 Å². The van der Waals surface area contributed by atoms with Gasteiger partial charge >= 0.3 is 0 Å². The quantitative estimate of drug-likeness (QED) is 0.604. The largest absolute Gasteiger partial charge is 0.368 e. The third-order valence-electron chi connectivity index (χ3n) is 1.72. The highest BCUT2D eigenvalue weighted by atomic mass is 14.8. The molecule has 0 aromatic carbocycles. The van der Waals surface area contributed by atoms with Crippen molar-refractivity contribution < 1.29 is 0 Å². The van der Waals surface area contributed by atoms with Crippen molar-refractivity contribution in [1.82, 2.24) is 5.32 Å². The van der Waals surface area contributed by atoms with Crippen molar-refractivity contribution in [3.8, 4) is 0 Å². The van der Waals surface area contributed by atoms with Crippen molar-refractivity contribution in [2.45, 2.75) is 26.2 Å². The Bertz CT molecular complexity index is 187. The maximum absolute atomic E-state index is 3.13. The first-order valence-corrected chi connectivity index (χ1v) is 4.20. The van der Waals surface area contributed by atoms with E-state index in [-0.39, 0.29) is 0 Å². The summed E-state index contributed by atoms with van der Waals surface area (Å²) in [6, 6.07) is 0. The van der Waals surface area contributed by atoms with Gasteiger partial charge in [-0.2, -0.15) is 0 Å². The molecule has 0 unspecified atom stereocenters. The Morgan fingerprint density at radius 2 is 2.18 bits per heavy atom. The zero-order valence-electron chi connectivity index (χ0n) is 7.01. The predicted octanol–water partition coefficient (Wildman–Crippen LogP) is 2.73. The lowest BCUT2D eigenvalue weighted by atomic mass is 10.2. The average Bonchev–Trinajstić information content (AvgIpc) is 2.16. The minimum absolute atomic E-state index is 1.09. The summed E-state index contributed by atoms with van der Waals surface area (Å²) in [7, 11) is 0. The highest BCUT2D eigenvalue weighted by molar-refractivity contribution is 5.18. The molecule has 0 aliphatic carbocycles. The molecular formula is C10H15N. The Morgan fingerprint density at radius 3 is 3.00 bits per heavy atom. The van der Waals surface area contributed by atoms with Crippen LogP contribution >= 0.6 is 0 Å². The van der Waals surface area contributed by atoms with Gasteiger partial charge in [0, 0.05) is 6.20 Å². The van der Waals surface area contributed by atoms with Gasteiger partial charge in [0.15, 0.2) is 0 Å². The number of nitrogens with one attached hydrogen (secondary N) is 1. The van der Waals surface area contributed by atoms with Gasteiger partial charge in [0.2, 0.25) is 0 Å². The van der Waals surface area contributed by atoms with Gasteiger partial charge < -0.3 is 5.32 Å². The molecule has 0 fully saturated rings. The minimum Gasteiger partial charge on any atom is -0.368 e. The van der Waals surface area contributed by atoms with Gasteiger partial charge in [-0.05, 0) is 31.0 Å². The van der Waals surface area contributed by atoms with E-state index in [1.54, 1.807) is 0 Å². The molecular weight excluding hydrogens is 134 g/mol. The van der Waals surface area contributed by atoms with Gasteiger partial charge in [0.1, 0.15) is 0 Å². The van der Waals surface area contributed by atoms with E-state index in [9.17, 15) is 0 Å². The van der Waals surface area contributed by atoms with E-state index in [1.165, 1.54) is 5.57 Å². The normalized spacial score (nSPS) is 28.3. The molecule has 0 amide bonds. The van der Waals surface area contributed by atoms with Gasteiger partial charge in [-0.1, -0.05) is 25.2 Å². The molecule has 0 saturated heterocycles. The first-order valence-electron chi connectivity index (χ1n) is 4.20. The molecule has 1 heterocycles. The van der Waals surface area contributed by atoms with Crippen molar-refractivity contribution in [2.75, 3.05) is 0 Å². The van der Waals surface area contributed by atoms with E-state index in [0.29, 0.717) is 0 Å². The van der Waals surface area contributed by atoms with E-state index >= 15 is 0 Å². The zero-order valence-corrected chi connectivity index (χ0v) is 7.01.